The van der Waals surface area contributed by atoms with E-state index in [4.69, 9.17) is 26.1 Å². The first-order chi connectivity index (χ1) is 14.7. The molecule has 2 aromatic carbocycles. The van der Waals surface area contributed by atoms with Crippen molar-refractivity contribution in [3.05, 3.63) is 53.1 Å². The molecule has 0 atom stereocenters. The fourth-order valence-corrected chi connectivity index (χ4v) is 4.69. The van der Waals surface area contributed by atoms with Gasteiger partial charge in [0.25, 0.3) is 5.91 Å². The van der Waals surface area contributed by atoms with Crippen LogP contribution < -0.4 is 9.64 Å². The minimum Gasteiger partial charge on any atom is -0.496 e. The van der Waals surface area contributed by atoms with Gasteiger partial charge in [0, 0.05) is 31.2 Å². The number of anilines is 1. The van der Waals surface area contributed by atoms with Crippen LogP contribution in [0.25, 0.3) is 10.2 Å². The molecule has 1 aliphatic rings. The van der Waals surface area contributed by atoms with E-state index in [-0.39, 0.29) is 5.91 Å². The van der Waals surface area contributed by atoms with Gasteiger partial charge in [0.2, 0.25) is 0 Å². The van der Waals surface area contributed by atoms with E-state index >= 15 is 0 Å². The molecule has 0 aliphatic carbocycles. The Kier molecular flexibility index (Phi) is 6.84. The van der Waals surface area contributed by atoms with Gasteiger partial charge in [-0.05, 0) is 36.8 Å². The van der Waals surface area contributed by atoms with Crippen molar-refractivity contribution in [1.29, 1.82) is 0 Å². The third-order valence-electron chi connectivity index (χ3n) is 5.11. The molecule has 1 aromatic heterocycles. The molecular weight excluding hydrogens is 422 g/mol. The van der Waals surface area contributed by atoms with E-state index in [1.54, 1.807) is 30.2 Å². The molecule has 0 bridgehead atoms. The lowest BCUT2D eigenvalue weighted by Crippen LogP contribution is -2.39. The summed E-state index contributed by atoms with van der Waals surface area (Å²) in [5.41, 5.74) is 1.33. The van der Waals surface area contributed by atoms with E-state index in [1.807, 2.05) is 24.3 Å². The Labute approximate surface area is 185 Å². The highest BCUT2D eigenvalue weighted by Gasteiger charge is 2.24. The molecule has 158 valence electrons. The van der Waals surface area contributed by atoms with Gasteiger partial charge in [-0.1, -0.05) is 35.1 Å². The van der Waals surface area contributed by atoms with Gasteiger partial charge in [-0.25, -0.2) is 4.98 Å². The SMILES string of the molecule is COc1ccc(Cl)cc1C(=O)N(CCCN1CCOCC1)c1nc2ccccc2s1. The molecule has 2 heterocycles. The first kappa shape index (κ1) is 21.1. The average Bonchev–Trinajstić information content (AvgIpc) is 3.21. The summed E-state index contributed by atoms with van der Waals surface area (Å²) in [4.78, 5) is 22.4. The van der Waals surface area contributed by atoms with Crippen LogP contribution in [0.15, 0.2) is 42.5 Å². The normalized spacial score (nSPS) is 14.7. The van der Waals surface area contributed by atoms with Crippen molar-refractivity contribution >= 4 is 44.2 Å². The number of ether oxygens (including phenoxy) is 2. The number of aromatic nitrogens is 1. The molecule has 0 N–H and O–H groups in total. The molecular formula is C22H24ClN3O3S. The van der Waals surface area contributed by atoms with Crippen molar-refractivity contribution < 1.29 is 14.3 Å². The molecule has 1 saturated heterocycles. The second kappa shape index (κ2) is 9.75. The number of methoxy groups -OCH3 is 1. The number of hydrogen-bond acceptors (Lipinski definition) is 6. The summed E-state index contributed by atoms with van der Waals surface area (Å²) in [5, 5.41) is 1.18. The quantitative estimate of drug-likeness (QED) is 0.542. The summed E-state index contributed by atoms with van der Waals surface area (Å²) in [5.74, 6) is 0.346. The van der Waals surface area contributed by atoms with E-state index in [2.05, 4.69) is 4.90 Å². The molecule has 0 spiro atoms. The van der Waals surface area contributed by atoms with Crippen LogP contribution in [0.2, 0.25) is 5.02 Å². The number of carbonyl (C=O) groups is 1. The van der Waals surface area contributed by atoms with Crippen molar-refractivity contribution in [3.63, 3.8) is 0 Å². The van der Waals surface area contributed by atoms with Crippen LogP contribution in [0.5, 0.6) is 5.75 Å². The van der Waals surface area contributed by atoms with Crippen LogP contribution >= 0.6 is 22.9 Å². The number of para-hydroxylation sites is 1. The van der Waals surface area contributed by atoms with E-state index in [0.29, 0.717) is 28.0 Å². The third-order valence-corrected chi connectivity index (χ3v) is 6.40. The molecule has 1 aliphatic heterocycles. The lowest BCUT2D eigenvalue weighted by Gasteiger charge is -2.28. The fraction of sp³-hybridized carbons (Fsp3) is 0.364. The number of amides is 1. The van der Waals surface area contributed by atoms with Gasteiger partial charge in [0.15, 0.2) is 5.13 Å². The summed E-state index contributed by atoms with van der Waals surface area (Å²) >= 11 is 7.70. The largest absolute Gasteiger partial charge is 0.496 e. The van der Waals surface area contributed by atoms with Crippen LogP contribution in [0, 0.1) is 0 Å². The van der Waals surface area contributed by atoms with Crippen LogP contribution in [0.1, 0.15) is 16.8 Å². The second-order valence-corrected chi connectivity index (χ2v) is 8.52. The van der Waals surface area contributed by atoms with Crippen molar-refractivity contribution in [3.8, 4) is 5.75 Å². The minimum atomic E-state index is -0.157. The van der Waals surface area contributed by atoms with E-state index in [0.717, 1.165) is 49.5 Å². The number of thiazole rings is 1. The molecule has 0 radical (unpaired) electrons. The number of halogens is 1. The smallest absolute Gasteiger partial charge is 0.263 e. The first-order valence-electron chi connectivity index (χ1n) is 9.97. The number of hydrogen-bond donors (Lipinski definition) is 0. The van der Waals surface area contributed by atoms with Gasteiger partial charge in [-0.2, -0.15) is 0 Å². The topological polar surface area (TPSA) is 54.9 Å². The average molecular weight is 446 g/mol. The molecule has 1 amide bonds. The van der Waals surface area contributed by atoms with Gasteiger partial charge in [-0.3, -0.25) is 14.6 Å². The number of nitrogens with zero attached hydrogens (tertiary/aromatic N) is 3. The number of fused-ring (bicyclic) bond motifs is 1. The Morgan fingerprint density at radius 1 is 1.27 bits per heavy atom. The van der Waals surface area contributed by atoms with Gasteiger partial charge in [-0.15, -0.1) is 0 Å². The highest BCUT2D eigenvalue weighted by atomic mass is 35.5. The molecule has 4 rings (SSSR count). The number of benzene rings is 2. The van der Waals surface area contributed by atoms with Crippen LogP contribution in [0.4, 0.5) is 5.13 Å². The summed E-state index contributed by atoms with van der Waals surface area (Å²) in [6, 6.07) is 13.0. The Balaban J connectivity index is 1.60. The maximum absolute atomic E-state index is 13.6. The summed E-state index contributed by atoms with van der Waals surface area (Å²) in [6.45, 7) is 4.85. The lowest BCUT2D eigenvalue weighted by molar-refractivity contribution is 0.0376. The summed E-state index contributed by atoms with van der Waals surface area (Å²) in [6.07, 6.45) is 0.838. The van der Waals surface area contributed by atoms with Crippen molar-refractivity contribution in [2.24, 2.45) is 0 Å². The maximum Gasteiger partial charge on any atom is 0.263 e. The Bertz CT molecular complexity index is 987. The zero-order chi connectivity index (χ0) is 20.9. The van der Waals surface area contributed by atoms with Crippen molar-refractivity contribution in [2.45, 2.75) is 6.42 Å². The van der Waals surface area contributed by atoms with E-state index in [1.165, 1.54) is 11.3 Å². The van der Waals surface area contributed by atoms with Crippen LogP contribution in [-0.4, -0.2) is 62.3 Å². The molecule has 30 heavy (non-hydrogen) atoms. The van der Waals surface area contributed by atoms with Crippen LogP contribution in [-0.2, 0) is 4.74 Å². The number of rotatable bonds is 7. The molecule has 1 fully saturated rings. The van der Waals surface area contributed by atoms with Gasteiger partial charge in [0.05, 0.1) is 36.1 Å². The van der Waals surface area contributed by atoms with E-state index < -0.39 is 0 Å². The molecule has 8 heteroatoms. The Morgan fingerprint density at radius 3 is 2.83 bits per heavy atom. The minimum absolute atomic E-state index is 0.157. The van der Waals surface area contributed by atoms with Crippen LogP contribution in [0.3, 0.4) is 0 Å². The first-order valence-corrected chi connectivity index (χ1v) is 11.2. The maximum atomic E-state index is 13.6. The molecule has 0 unspecified atom stereocenters. The number of carbonyl (C=O) groups excluding carboxylic acids is 1. The summed E-state index contributed by atoms with van der Waals surface area (Å²) in [7, 11) is 1.56. The predicted molar refractivity (Wildman–Crippen MR) is 121 cm³/mol. The van der Waals surface area contributed by atoms with Gasteiger partial charge >= 0.3 is 0 Å². The summed E-state index contributed by atoms with van der Waals surface area (Å²) < 4.78 is 11.9. The second-order valence-electron chi connectivity index (χ2n) is 7.07. The monoisotopic (exact) mass is 445 g/mol. The number of morpholine rings is 1. The molecule has 0 saturated carbocycles. The fourth-order valence-electron chi connectivity index (χ4n) is 3.53. The van der Waals surface area contributed by atoms with Crippen molar-refractivity contribution in [2.75, 3.05) is 51.4 Å². The standard InChI is InChI=1S/C22H24ClN3O3S/c1-28-19-8-7-16(23)15-17(19)21(27)26(10-4-9-25-11-13-29-14-12-25)22-24-18-5-2-3-6-20(18)30-22/h2-3,5-8,15H,4,9-14H2,1H3. The molecule has 3 aromatic rings. The Hall–Kier alpha value is -2.19. The highest BCUT2D eigenvalue weighted by Crippen LogP contribution is 2.32. The lowest BCUT2D eigenvalue weighted by atomic mass is 10.1. The highest BCUT2D eigenvalue weighted by molar-refractivity contribution is 7.22. The Morgan fingerprint density at radius 2 is 2.07 bits per heavy atom. The van der Waals surface area contributed by atoms with Crippen molar-refractivity contribution in [1.82, 2.24) is 9.88 Å². The third kappa shape index (κ3) is 4.75. The van der Waals surface area contributed by atoms with Gasteiger partial charge < -0.3 is 9.47 Å². The zero-order valence-corrected chi connectivity index (χ0v) is 18.4. The zero-order valence-electron chi connectivity index (χ0n) is 16.8. The predicted octanol–water partition coefficient (Wildman–Crippen LogP) is 4.33. The van der Waals surface area contributed by atoms with Gasteiger partial charge in [0.1, 0.15) is 5.75 Å². The van der Waals surface area contributed by atoms with E-state index in [9.17, 15) is 4.79 Å². The molecule has 6 nitrogen and oxygen atoms in total.